The topological polar surface area (TPSA) is 64.6 Å². The Morgan fingerprint density at radius 3 is 3.12 bits per heavy atom. The zero-order valence-electron chi connectivity index (χ0n) is 8.78. The van der Waals surface area contributed by atoms with Crippen molar-refractivity contribution in [1.82, 2.24) is 0 Å². The van der Waals surface area contributed by atoms with Gasteiger partial charge in [0.1, 0.15) is 5.75 Å². The average Bonchev–Trinajstić information content (AvgIpc) is 2.28. The van der Waals surface area contributed by atoms with E-state index in [1.54, 1.807) is 25.1 Å². The van der Waals surface area contributed by atoms with Gasteiger partial charge in [-0.1, -0.05) is 0 Å². The van der Waals surface area contributed by atoms with Crippen molar-refractivity contribution in [2.24, 2.45) is 0 Å². The number of rotatable bonds is 2. The highest BCUT2D eigenvalue weighted by atomic mass is 16.5. The van der Waals surface area contributed by atoms with Gasteiger partial charge in [0.15, 0.2) is 6.61 Å². The Labute approximate surface area is 92.4 Å². The van der Waals surface area contributed by atoms with Crippen molar-refractivity contribution in [3.05, 3.63) is 23.8 Å². The number of nitrogens with one attached hydrogen (secondary N) is 1. The molecule has 0 unspecified atom stereocenters. The first-order chi connectivity index (χ1) is 7.70. The van der Waals surface area contributed by atoms with Crippen molar-refractivity contribution >= 4 is 17.6 Å². The highest BCUT2D eigenvalue weighted by molar-refractivity contribution is 5.98. The lowest BCUT2D eigenvalue weighted by molar-refractivity contribution is -0.118. The van der Waals surface area contributed by atoms with E-state index < -0.39 is 5.97 Å². The third-order valence-corrected chi connectivity index (χ3v) is 2.12. The van der Waals surface area contributed by atoms with Crippen LogP contribution in [0.3, 0.4) is 0 Å². The zero-order chi connectivity index (χ0) is 11.5. The minimum atomic E-state index is -0.412. The summed E-state index contributed by atoms with van der Waals surface area (Å²) in [6.45, 7) is 2.06. The second kappa shape index (κ2) is 4.22. The van der Waals surface area contributed by atoms with E-state index in [1.807, 2.05) is 0 Å². The molecule has 1 aromatic rings. The molecule has 1 aliphatic heterocycles. The SMILES string of the molecule is CCOC(=O)c1ccc2c(c1)NC(=O)CO2. The van der Waals surface area contributed by atoms with Crippen LogP contribution in [0.15, 0.2) is 18.2 Å². The first kappa shape index (κ1) is 10.5. The zero-order valence-corrected chi connectivity index (χ0v) is 8.78. The summed E-state index contributed by atoms with van der Waals surface area (Å²) < 4.78 is 10.0. The lowest BCUT2D eigenvalue weighted by Gasteiger charge is -2.18. The van der Waals surface area contributed by atoms with Crippen LogP contribution >= 0.6 is 0 Å². The molecule has 0 spiro atoms. The van der Waals surface area contributed by atoms with Crippen molar-refractivity contribution in [3.63, 3.8) is 0 Å². The van der Waals surface area contributed by atoms with Gasteiger partial charge in [0.25, 0.3) is 5.91 Å². The first-order valence-electron chi connectivity index (χ1n) is 4.94. The van der Waals surface area contributed by atoms with Gasteiger partial charge in [-0.05, 0) is 25.1 Å². The molecule has 0 saturated carbocycles. The Morgan fingerprint density at radius 2 is 2.38 bits per heavy atom. The van der Waals surface area contributed by atoms with E-state index in [1.165, 1.54) is 0 Å². The van der Waals surface area contributed by atoms with Crippen molar-refractivity contribution < 1.29 is 19.1 Å². The third kappa shape index (κ3) is 1.98. The van der Waals surface area contributed by atoms with E-state index in [2.05, 4.69) is 5.32 Å². The van der Waals surface area contributed by atoms with Crippen LogP contribution in [0.25, 0.3) is 0 Å². The number of benzene rings is 1. The van der Waals surface area contributed by atoms with E-state index in [-0.39, 0.29) is 12.5 Å². The van der Waals surface area contributed by atoms with Crippen LogP contribution in [0.4, 0.5) is 5.69 Å². The molecule has 0 atom stereocenters. The van der Waals surface area contributed by atoms with Crippen molar-refractivity contribution in [1.29, 1.82) is 0 Å². The highest BCUT2D eigenvalue weighted by Crippen LogP contribution is 2.28. The van der Waals surface area contributed by atoms with Crippen LogP contribution in [0.5, 0.6) is 5.75 Å². The van der Waals surface area contributed by atoms with Gasteiger partial charge < -0.3 is 14.8 Å². The van der Waals surface area contributed by atoms with E-state index in [0.717, 1.165) is 0 Å². The maximum absolute atomic E-state index is 11.4. The molecule has 5 heteroatoms. The number of carbonyl (C=O) groups is 2. The molecular formula is C11H11NO4. The molecule has 0 bridgehead atoms. The van der Waals surface area contributed by atoms with Crippen LogP contribution in [0, 0.1) is 0 Å². The Kier molecular flexibility index (Phi) is 2.76. The summed E-state index contributed by atoms with van der Waals surface area (Å²) >= 11 is 0. The van der Waals surface area contributed by atoms with Gasteiger partial charge in [-0.25, -0.2) is 4.79 Å². The van der Waals surface area contributed by atoms with Crippen molar-refractivity contribution in [2.45, 2.75) is 6.92 Å². The molecule has 0 radical (unpaired) electrons. The van der Waals surface area contributed by atoms with Gasteiger partial charge >= 0.3 is 5.97 Å². The second-order valence-corrected chi connectivity index (χ2v) is 3.27. The van der Waals surface area contributed by atoms with Crippen molar-refractivity contribution in [2.75, 3.05) is 18.5 Å². The lowest BCUT2D eigenvalue weighted by atomic mass is 10.1. The number of hydrogen-bond donors (Lipinski definition) is 1. The fourth-order valence-corrected chi connectivity index (χ4v) is 1.42. The van der Waals surface area contributed by atoms with E-state index in [9.17, 15) is 9.59 Å². The normalized spacial score (nSPS) is 13.4. The fraction of sp³-hybridized carbons (Fsp3) is 0.273. The molecule has 5 nitrogen and oxygen atoms in total. The Balaban J connectivity index is 2.27. The van der Waals surface area contributed by atoms with E-state index in [4.69, 9.17) is 9.47 Å². The van der Waals surface area contributed by atoms with Crippen molar-refractivity contribution in [3.8, 4) is 5.75 Å². The Bertz CT molecular complexity index is 442. The summed E-state index contributed by atoms with van der Waals surface area (Å²) in [5.41, 5.74) is 0.896. The number of hydrogen-bond acceptors (Lipinski definition) is 4. The third-order valence-electron chi connectivity index (χ3n) is 2.12. The summed E-state index contributed by atoms with van der Waals surface area (Å²) in [5.74, 6) is -0.0775. The molecule has 0 saturated heterocycles. The molecule has 2 rings (SSSR count). The Morgan fingerprint density at radius 1 is 1.56 bits per heavy atom. The summed E-state index contributed by atoms with van der Waals surface area (Å²) in [5, 5.41) is 2.63. The van der Waals surface area contributed by atoms with Crippen LogP contribution in [0.1, 0.15) is 17.3 Å². The summed E-state index contributed by atoms with van der Waals surface area (Å²) in [6, 6.07) is 4.79. The quantitative estimate of drug-likeness (QED) is 0.762. The molecule has 0 aliphatic carbocycles. The first-order valence-corrected chi connectivity index (χ1v) is 4.94. The molecule has 1 aliphatic rings. The highest BCUT2D eigenvalue weighted by Gasteiger charge is 2.17. The number of amides is 1. The van der Waals surface area contributed by atoms with Gasteiger partial charge in [0.2, 0.25) is 0 Å². The number of esters is 1. The Hall–Kier alpha value is -2.04. The molecule has 1 N–H and O–H groups in total. The minimum absolute atomic E-state index is 0.00571. The molecule has 0 fully saturated rings. The summed E-state index contributed by atoms with van der Waals surface area (Å²) in [4.78, 5) is 22.5. The smallest absolute Gasteiger partial charge is 0.338 e. The predicted octanol–water partition coefficient (Wildman–Crippen LogP) is 1.19. The van der Waals surface area contributed by atoms with Gasteiger partial charge in [-0.15, -0.1) is 0 Å². The van der Waals surface area contributed by atoms with E-state index >= 15 is 0 Å². The average molecular weight is 221 g/mol. The molecule has 1 amide bonds. The van der Waals surface area contributed by atoms with Crippen LogP contribution in [0.2, 0.25) is 0 Å². The van der Waals surface area contributed by atoms with Gasteiger partial charge in [0, 0.05) is 0 Å². The molecule has 84 valence electrons. The fourth-order valence-electron chi connectivity index (χ4n) is 1.42. The van der Waals surface area contributed by atoms with Gasteiger partial charge in [-0.3, -0.25) is 4.79 Å². The molecule has 16 heavy (non-hydrogen) atoms. The standard InChI is InChI=1S/C11H11NO4/c1-2-15-11(14)7-3-4-9-8(5-7)12-10(13)6-16-9/h3-5H,2,6H2,1H3,(H,12,13). The lowest BCUT2D eigenvalue weighted by Crippen LogP contribution is -2.25. The van der Waals surface area contributed by atoms with Crippen LogP contribution in [-0.2, 0) is 9.53 Å². The number of carbonyl (C=O) groups excluding carboxylic acids is 2. The molecule has 1 heterocycles. The van der Waals surface area contributed by atoms with E-state index in [0.29, 0.717) is 23.6 Å². The second-order valence-electron chi connectivity index (χ2n) is 3.27. The molecular weight excluding hydrogens is 210 g/mol. The largest absolute Gasteiger partial charge is 0.482 e. The summed E-state index contributed by atoms with van der Waals surface area (Å²) in [7, 11) is 0. The van der Waals surface area contributed by atoms with Gasteiger partial charge in [0.05, 0.1) is 17.9 Å². The number of ether oxygens (including phenoxy) is 2. The summed E-state index contributed by atoms with van der Waals surface area (Å²) in [6.07, 6.45) is 0. The number of fused-ring (bicyclic) bond motifs is 1. The number of anilines is 1. The molecule has 1 aromatic carbocycles. The molecule has 0 aromatic heterocycles. The van der Waals surface area contributed by atoms with Gasteiger partial charge in [-0.2, -0.15) is 0 Å². The maximum atomic E-state index is 11.4. The van der Waals surface area contributed by atoms with Crippen LogP contribution < -0.4 is 10.1 Å². The van der Waals surface area contributed by atoms with Crippen LogP contribution in [-0.4, -0.2) is 25.1 Å². The maximum Gasteiger partial charge on any atom is 0.338 e. The minimum Gasteiger partial charge on any atom is -0.482 e. The monoisotopic (exact) mass is 221 g/mol. The predicted molar refractivity (Wildman–Crippen MR) is 56.5 cm³/mol.